The van der Waals surface area contributed by atoms with Crippen LogP contribution in [-0.4, -0.2) is 50.7 Å². The van der Waals surface area contributed by atoms with Crippen molar-refractivity contribution in [2.24, 2.45) is 0 Å². The van der Waals surface area contributed by atoms with Gasteiger partial charge in [0.2, 0.25) is 21.8 Å². The molecule has 0 fully saturated rings. The quantitative estimate of drug-likeness (QED) is 0.579. The van der Waals surface area contributed by atoms with E-state index < -0.39 is 10.0 Å². The number of nitrogens with one attached hydrogen (secondary N) is 2. The van der Waals surface area contributed by atoms with Gasteiger partial charge in [0, 0.05) is 19.5 Å². The molecule has 0 saturated heterocycles. The van der Waals surface area contributed by atoms with Gasteiger partial charge in [0.15, 0.2) is 0 Å². The number of benzene rings is 1. The number of terminal acetylenes is 1. The Labute approximate surface area is 155 Å². The van der Waals surface area contributed by atoms with Crippen molar-refractivity contribution in [3.8, 4) is 12.3 Å². The number of carbonyl (C=O) groups is 2. The monoisotopic (exact) mass is 379 g/mol. The average molecular weight is 379 g/mol. The highest BCUT2D eigenvalue weighted by molar-refractivity contribution is 7.89. The van der Waals surface area contributed by atoms with Crippen molar-refractivity contribution < 1.29 is 18.0 Å². The first-order valence-corrected chi connectivity index (χ1v) is 9.85. The van der Waals surface area contributed by atoms with E-state index in [-0.39, 0.29) is 36.2 Å². The molecular weight excluding hydrogens is 354 g/mol. The zero-order valence-corrected chi connectivity index (χ0v) is 15.9. The van der Waals surface area contributed by atoms with Crippen LogP contribution < -0.4 is 10.6 Å². The zero-order chi connectivity index (χ0) is 19.6. The lowest BCUT2D eigenvalue weighted by atomic mass is 10.1. The maximum Gasteiger partial charge on any atom is 0.243 e. The Hall–Kier alpha value is -2.37. The first-order valence-electron chi connectivity index (χ1n) is 8.41. The van der Waals surface area contributed by atoms with Crippen LogP contribution in [0.4, 0.5) is 0 Å². The summed E-state index contributed by atoms with van der Waals surface area (Å²) in [5.74, 6) is 1.66. The topological polar surface area (TPSA) is 95.6 Å². The van der Waals surface area contributed by atoms with Gasteiger partial charge in [-0.15, -0.1) is 6.42 Å². The number of hydrogen-bond donors (Lipinski definition) is 2. The molecule has 0 atom stereocenters. The Kier molecular flexibility index (Phi) is 8.82. The molecule has 142 valence electrons. The molecule has 1 aromatic carbocycles. The van der Waals surface area contributed by atoms with Crippen LogP contribution in [0.15, 0.2) is 29.2 Å². The van der Waals surface area contributed by atoms with Crippen molar-refractivity contribution in [1.29, 1.82) is 0 Å². The molecule has 2 N–H and O–H groups in total. The van der Waals surface area contributed by atoms with Crippen LogP contribution in [0, 0.1) is 12.3 Å². The molecule has 0 saturated carbocycles. The molecule has 7 nitrogen and oxygen atoms in total. The second-order valence-corrected chi connectivity index (χ2v) is 7.43. The number of nitrogens with zero attached hydrogens (tertiary/aromatic N) is 1. The summed E-state index contributed by atoms with van der Waals surface area (Å²) in [5.41, 5.74) is 0.843. The molecule has 0 heterocycles. The first-order chi connectivity index (χ1) is 12.3. The Morgan fingerprint density at radius 3 is 2.23 bits per heavy atom. The molecule has 0 aliphatic rings. The third kappa shape index (κ3) is 6.50. The normalized spacial score (nSPS) is 11.0. The van der Waals surface area contributed by atoms with Gasteiger partial charge in [-0.3, -0.25) is 9.59 Å². The van der Waals surface area contributed by atoms with Crippen LogP contribution in [0.2, 0.25) is 0 Å². The predicted octanol–water partition coefficient (Wildman–Crippen LogP) is 0.515. The van der Waals surface area contributed by atoms with Crippen molar-refractivity contribution in [1.82, 2.24) is 14.9 Å². The fraction of sp³-hybridized carbons (Fsp3) is 0.444. The lowest BCUT2D eigenvalue weighted by Gasteiger charge is -2.18. The SMILES string of the molecule is C#CCNC(=O)CNC(=O)CCc1ccc(S(=O)(=O)N(CC)CC)cc1. The second kappa shape index (κ2) is 10.6. The first kappa shape index (κ1) is 21.7. The molecule has 0 aromatic heterocycles. The maximum absolute atomic E-state index is 12.4. The minimum Gasteiger partial charge on any atom is -0.347 e. The summed E-state index contributed by atoms with van der Waals surface area (Å²) in [4.78, 5) is 23.3. The van der Waals surface area contributed by atoms with E-state index in [2.05, 4.69) is 16.6 Å². The van der Waals surface area contributed by atoms with Gasteiger partial charge >= 0.3 is 0 Å². The molecule has 0 aliphatic carbocycles. The molecule has 0 aliphatic heterocycles. The summed E-state index contributed by atoms with van der Waals surface area (Å²) in [6, 6.07) is 6.49. The predicted molar refractivity (Wildman–Crippen MR) is 99.7 cm³/mol. The molecule has 0 unspecified atom stereocenters. The summed E-state index contributed by atoms with van der Waals surface area (Å²) in [6.07, 6.45) is 5.67. The lowest BCUT2D eigenvalue weighted by molar-refractivity contribution is -0.125. The number of carbonyl (C=O) groups excluding carboxylic acids is 2. The van der Waals surface area contributed by atoms with E-state index in [1.54, 1.807) is 38.1 Å². The lowest BCUT2D eigenvalue weighted by Crippen LogP contribution is -2.37. The minimum atomic E-state index is -3.48. The van der Waals surface area contributed by atoms with Crippen molar-refractivity contribution in [3.05, 3.63) is 29.8 Å². The van der Waals surface area contributed by atoms with Gasteiger partial charge in [0.1, 0.15) is 0 Å². The highest BCUT2D eigenvalue weighted by Gasteiger charge is 2.21. The molecule has 0 bridgehead atoms. The van der Waals surface area contributed by atoms with Crippen LogP contribution in [-0.2, 0) is 26.0 Å². The molecule has 26 heavy (non-hydrogen) atoms. The van der Waals surface area contributed by atoms with Gasteiger partial charge in [-0.1, -0.05) is 31.9 Å². The van der Waals surface area contributed by atoms with E-state index in [1.165, 1.54) is 4.31 Å². The number of rotatable bonds is 10. The number of hydrogen-bond acceptors (Lipinski definition) is 4. The summed E-state index contributed by atoms with van der Waals surface area (Å²) in [5, 5.41) is 4.96. The number of amides is 2. The van der Waals surface area contributed by atoms with Gasteiger partial charge in [-0.05, 0) is 24.1 Å². The molecule has 0 radical (unpaired) electrons. The summed E-state index contributed by atoms with van der Waals surface area (Å²) < 4.78 is 26.2. The summed E-state index contributed by atoms with van der Waals surface area (Å²) in [6.45, 7) is 4.41. The fourth-order valence-electron chi connectivity index (χ4n) is 2.28. The summed E-state index contributed by atoms with van der Waals surface area (Å²) >= 11 is 0. The molecule has 8 heteroatoms. The van der Waals surface area contributed by atoms with Crippen LogP contribution in [0.5, 0.6) is 0 Å². The summed E-state index contributed by atoms with van der Waals surface area (Å²) in [7, 11) is -3.48. The van der Waals surface area contributed by atoms with Crippen LogP contribution in [0.3, 0.4) is 0 Å². The fourth-order valence-corrected chi connectivity index (χ4v) is 3.74. The Morgan fingerprint density at radius 2 is 1.69 bits per heavy atom. The van der Waals surface area contributed by atoms with Gasteiger partial charge in [0.05, 0.1) is 18.0 Å². The second-order valence-electron chi connectivity index (χ2n) is 5.49. The van der Waals surface area contributed by atoms with Crippen LogP contribution in [0.1, 0.15) is 25.8 Å². The maximum atomic E-state index is 12.4. The van der Waals surface area contributed by atoms with Crippen LogP contribution >= 0.6 is 0 Å². The minimum absolute atomic E-state index is 0.122. The molecular formula is C18H25N3O4S. The average Bonchev–Trinajstić information content (AvgIpc) is 2.64. The van der Waals surface area contributed by atoms with Gasteiger partial charge in [-0.25, -0.2) is 8.42 Å². The highest BCUT2D eigenvalue weighted by atomic mass is 32.2. The Bertz CT molecular complexity index is 748. The zero-order valence-electron chi connectivity index (χ0n) is 15.1. The smallest absolute Gasteiger partial charge is 0.243 e. The van der Waals surface area contributed by atoms with E-state index >= 15 is 0 Å². The molecule has 1 aromatic rings. The number of aryl methyl sites for hydroxylation is 1. The highest BCUT2D eigenvalue weighted by Crippen LogP contribution is 2.16. The van der Waals surface area contributed by atoms with Crippen molar-refractivity contribution in [2.45, 2.75) is 31.6 Å². The standard InChI is InChI=1S/C18H25N3O4S/c1-4-13-19-18(23)14-20-17(22)12-9-15-7-10-16(11-8-15)26(24,25)21(5-2)6-3/h1,7-8,10-11H,5-6,9,12-14H2,2-3H3,(H,19,23)(H,20,22). The number of sulfonamides is 1. The molecule has 0 spiro atoms. The van der Waals surface area contributed by atoms with E-state index in [9.17, 15) is 18.0 Å². The van der Waals surface area contributed by atoms with E-state index in [0.29, 0.717) is 19.5 Å². The third-order valence-electron chi connectivity index (χ3n) is 3.74. The van der Waals surface area contributed by atoms with Gasteiger partial charge in [-0.2, -0.15) is 4.31 Å². The van der Waals surface area contributed by atoms with E-state index in [1.807, 2.05) is 0 Å². The van der Waals surface area contributed by atoms with Crippen LogP contribution in [0.25, 0.3) is 0 Å². The molecule has 1 rings (SSSR count). The third-order valence-corrected chi connectivity index (χ3v) is 5.81. The van der Waals surface area contributed by atoms with Gasteiger partial charge in [0.25, 0.3) is 0 Å². The van der Waals surface area contributed by atoms with Crippen molar-refractivity contribution in [3.63, 3.8) is 0 Å². The van der Waals surface area contributed by atoms with Crippen molar-refractivity contribution >= 4 is 21.8 Å². The van der Waals surface area contributed by atoms with Crippen molar-refractivity contribution in [2.75, 3.05) is 26.2 Å². The Balaban J connectivity index is 2.54. The van der Waals surface area contributed by atoms with E-state index in [4.69, 9.17) is 6.42 Å². The largest absolute Gasteiger partial charge is 0.347 e. The Morgan fingerprint density at radius 1 is 1.08 bits per heavy atom. The van der Waals surface area contributed by atoms with Gasteiger partial charge < -0.3 is 10.6 Å². The van der Waals surface area contributed by atoms with E-state index in [0.717, 1.165) is 5.56 Å². The molecule has 2 amide bonds.